The van der Waals surface area contributed by atoms with Gasteiger partial charge in [-0.1, -0.05) is 13.8 Å². The Kier molecular flexibility index (Phi) is 6.77. The Morgan fingerprint density at radius 1 is 0.848 bits per heavy atom. The van der Waals surface area contributed by atoms with Gasteiger partial charge in [0.15, 0.2) is 28.8 Å². The van der Waals surface area contributed by atoms with E-state index < -0.39 is 0 Å². The average molecular weight is 452 g/mol. The quantitative estimate of drug-likeness (QED) is 0.489. The predicted molar refractivity (Wildman–Crippen MR) is 131 cm³/mol. The SMILES string of the molecule is CCOc1cc2nc(-c3ccc(OC)c(OC)c3)nc(N3C[C@H](C)C[C@H](C)C3)c2cc1OC. The number of methoxy groups -OCH3 is 3. The second-order valence-electron chi connectivity index (χ2n) is 8.74. The van der Waals surface area contributed by atoms with Gasteiger partial charge in [0.25, 0.3) is 0 Å². The lowest BCUT2D eigenvalue weighted by Gasteiger charge is -2.36. The van der Waals surface area contributed by atoms with Gasteiger partial charge in [-0.2, -0.15) is 0 Å². The van der Waals surface area contributed by atoms with Crippen LogP contribution in [0.15, 0.2) is 30.3 Å². The van der Waals surface area contributed by atoms with Gasteiger partial charge in [0.05, 0.1) is 33.5 Å². The molecule has 0 spiro atoms. The molecule has 1 aromatic heterocycles. The molecular weight excluding hydrogens is 418 g/mol. The van der Waals surface area contributed by atoms with Crippen molar-refractivity contribution in [2.24, 2.45) is 11.8 Å². The molecule has 2 aromatic carbocycles. The molecule has 33 heavy (non-hydrogen) atoms. The largest absolute Gasteiger partial charge is 0.493 e. The van der Waals surface area contributed by atoms with Crippen molar-refractivity contribution in [1.82, 2.24) is 9.97 Å². The highest BCUT2D eigenvalue weighted by molar-refractivity contribution is 5.93. The number of anilines is 1. The van der Waals surface area contributed by atoms with Gasteiger partial charge >= 0.3 is 0 Å². The topological polar surface area (TPSA) is 65.9 Å². The minimum Gasteiger partial charge on any atom is -0.493 e. The Balaban J connectivity index is 1.93. The summed E-state index contributed by atoms with van der Waals surface area (Å²) in [7, 11) is 4.92. The third kappa shape index (κ3) is 4.63. The summed E-state index contributed by atoms with van der Waals surface area (Å²) in [5.74, 6) is 5.42. The first-order valence-electron chi connectivity index (χ1n) is 11.5. The Morgan fingerprint density at radius 2 is 1.52 bits per heavy atom. The first-order chi connectivity index (χ1) is 16.0. The van der Waals surface area contributed by atoms with Crippen LogP contribution in [0, 0.1) is 11.8 Å². The van der Waals surface area contributed by atoms with Crippen LogP contribution in [0.2, 0.25) is 0 Å². The third-order valence-electron chi connectivity index (χ3n) is 6.07. The molecule has 2 heterocycles. The van der Waals surface area contributed by atoms with Gasteiger partial charge in [0.2, 0.25) is 0 Å². The van der Waals surface area contributed by atoms with E-state index in [9.17, 15) is 0 Å². The van der Waals surface area contributed by atoms with Crippen molar-refractivity contribution in [2.45, 2.75) is 27.2 Å². The van der Waals surface area contributed by atoms with Crippen LogP contribution in [0.25, 0.3) is 22.3 Å². The van der Waals surface area contributed by atoms with Gasteiger partial charge in [0.1, 0.15) is 5.82 Å². The molecule has 3 aromatic rings. The van der Waals surface area contributed by atoms with Crippen LogP contribution in [-0.4, -0.2) is 51.0 Å². The predicted octanol–water partition coefficient (Wildman–Crippen LogP) is 5.20. The van der Waals surface area contributed by atoms with E-state index in [-0.39, 0.29) is 0 Å². The molecule has 4 rings (SSSR count). The molecule has 1 saturated heterocycles. The monoisotopic (exact) mass is 451 g/mol. The molecule has 0 radical (unpaired) electrons. The lowest BCUT2D eigenvalue weighted by molar-refractivity contribution is 0.311. The van der Waals surface area contributed by atoms with E-state index in [4.69, 9.17) is 28.9 Å². The minimum absolute atomic E-state index is 0.545. The lowest BCUT2D eigenvalue weighted by atomic mass is 9.91. The van der Waals surface area contributed by atoms with Gasteiger partial charge in [-0.25, -0.2) is 9.97 Å². The van der Waals surface area contributed by atoms with E-state index in [0.717, 1.165) is 35.4 Å². The summed E-state index contributed by atoms with van der Waals surface area (Å²) in [4.78, 5) is 12.4. The molecule has 0 bridgehead atoms. The van der Waals surface area contributed by atoms with Crippen molar-refractivity contribution in [2.75, 3.05) is 45.9 Å². The lowest BCUT2D eigenvalue weighted by Crippen LogP contribution is -2.39. The molecule has 7 heteroatoms. The van der Waals surface area contributed by atoms with Crippen molar-refractivity contribution in [3.63, 3.8) is 0 Å². The second kappa shape index (κ2) is 9.73. The summed E-state index contributed by atoms with van der Waals surface area (Å²) in [6, 6.07) is 9.70. The zero-order valence-electron chi connectivity index (χ0n) is 20.3. The Bertz CT molecular complexity index is 1120. The van der Waals surface area contributed by atoms with Crippen LogP contribution in [0.5, 0.6) is 23.0 Å². The molecule has 2 atom stereocenters. The van der Waals surface area contributed by atoms with Crippen molar-refractivity contribution < 1.29 is 18.9 Å². The number of rotatable bonds is 7. The van der Waals surface area contributed by atoms with Gasteiger partial charge < -0.3 is 23.8 Å². The molecule has 0 N–H and O–H groups in total. The number of piperidine rings is 1. The Labute approximate surface area is 195 Å². The molecule has 0 saturated carbocycles. The highest BCUT2D eigenvalue weighted by atomic mass is 16.5. The van der Waals surface area contributed by atoms with E-state index in [1.165, 1.54) is 6.42 Å². The van der Waals surface area contributed by atoms with Gasteiger partial charge in [-0.3, -0.25) is 0 Å². The molecular formula is C26H33N3O4. The summed E-state index contributed by atoms with van der Waals surface area (Å²) >= 11 is 0. The zero-order valence-corrected chi connectivity index (χ0v) is 20.3. The molecule has 1 fully saturated rings. The van der Waals surface area contributed by atoms with E-state index >= 15 is 0 Å². The second-order valence-corrected chi connectivity index (χ2v) is 8.74. The fourth-order valence-corrected chi connectivity index (χ4v) is 4.73. The number of nitrogens with zero attached hydrogens (tertiary/aromatic N) is 3. The van der Waals surface area contributed by atoms with E-state index in [1.807, 2.05) is 37.3 Å². The Hall–Kier alpha value is -3.22. The number of hydrogen-bond acceptors (Lipinski definition) is 7. The summed E-state index contributed by atoms with van der Waals surface area (Å²) in [5, 5.41) is 0.959. The summed E-state index contributed by atoms with van der Waals surface area (Å²) in [6.45, 7) is 9.02. The number of hydrogen-bond donors (Lipinski definition) is 0. The van der Waals surface area contributed by atoms with E-state index in [1.54, 1.807) is 21.3 Å². The summed E-state index contributed by atoms with van der Waals surface area (Å²) < 4.78 is 22.4. The normalized spacial score (nSPS) is 18.3. The molecule has 1 aliphatic rings. The third-order valence-corrected chi connectivity index (χ3v) is 6.07. The van der Waals surface area contributed by atoms with Gasteiger partial charge in [0, 0.05) is 30.1 Å². The highest BCUT2D eigenvalue weighted by Crippen LogP contribution is 2.39. The van der Waals surface area contributed by atoms with Crippen LogP contribution in [-0.2, 0) is 0 Å². The number of aromatic nitrogens is 2. The summed E-state index contributed by atoms with van der Waals surface area (Å²) in [5.41, 5.74) is 1.68. The standard InChI is InChI=1S/C26H33N3O4/c1-7-33-24-13-20-19(12-23(24)32-6)26(29-14-16(2)10-17(3)15-29)28-25(27-20)18-8-9-21(30-4)22(11-18)31-5/h8-9,11-13,16-17H,7,10,14-15H2,1-6H3/t16-,17+. The molecule has 1 aliphatic heterocycles. The maximum absolute atomic E-state index is 5.83. The van der Waals surface area contributed by atoms with Crippen LogP contribution < -0.4 is 23.8 Å². The van der Waals surface area contributed by atoms with Crippen molar-refractivity contribution in [3.05, 3.63) is 30.3 Å². The highest BCUT2D eigenvalue weighted by Gasteiger charge is 2.26. The van der Waals surface area contributed by atoms with E-state index in [2.05, 4.69) is 18.7 Å². The maximum Gasteiger partial charge on any atom is 0.163 e. The van der Waals surface area contributed by atoms with Crippen LogP contribution in [0.4, 0.5) is 5.82 Å². The van der Waals surface area contributed by atoms with Gasteiger partial charge in [-0.05, 0) is 49.4 Å². The zero-order chi connectivity index (χ0) is 23.5. The van der Waals surface area contributed by atoms with Crippen molar-refractivity contribution in [1.29, 1.82) is 0 Å². The van der Waals surface area contributed by atoms with Crippen LogP contribution >= 0.6 is 0 Å². The smallest absolute Gasteiger partial charge is 0.163 e. The first kappa shape index (κ1) is 23.0. The van der Waals surface area contributed by atoms with Crippen LogP contribution in [0.1, 0.15) is 27.2 Å². The molecule has 0 aliphatic carbocycles. The molecule has 176 valence electrons. The maximum atomic E-state index is 5.83. The average Bonchev–Trinajstić information content (AvgIpc) is 2.82. The van der Waals surface area contributed by atoms with Crippen molar-refractivity contribution >= 4 is 16.7 Å². The summed E-state index contributed by atoms with van der Waals surface area (Å²) in [6.07, 6.45) is 1.22. The van der Waals surface area contributed by atoms with E-state index in [0.29, 0.717) is 47.3 Å². The first-order valence-corrected chi connectivity index (χ1v) is 11.5. The number of fused-ring (bicyclic) bond motifs is 1. The fourth-order valence-electron chi connectivity index (χ4n) is 4.73. The van der Waals surface area contributed by atoms with Crippen LogP contribution in [0.3, 0.4) is 0 Å². The van der Waals surface area contributed by atoms with Gasteiger partial charge in [-0.15, -0.1) is 0 Å². The fraction of sp³-hybridized carbons (Fsp3) is 0.462. The number of benzene rings is 2. The molecule has 0 amide bonds. The number of ether oxygens (including phenoxy) is 4. The van der Waals surface area contributed by atoms with Crippen molar-refractivity contribution in [3.8, 4) is 34.4 Å². The Morgan fingerprint density at radius 3 is 2.15 bits per heavy atom. The minimum atomic E-state index is 0.545. The molecule has 7 nitrogen and oxygen atoms in total. The molecule has 0 unspecified atom stereocenters.